The summed E-state index contributed by atoms with van der Waals surface area (Å²) in [6.07, 6.45) is 6.42. The predicted octanol–water partition coefficient (Wildman–Crippen LogP) is 3.61. The molecule has 0 aliphatic heterocycles. The van der Waals surface area contributed by atoms with Crippen molar-refractivity contribution in [3.63, 3.8) is 0 Å². The van der Waals surface area contributed by atoms with Gasteiger partial charge in [0.25, 0.3) is 0 Å². The normalized spacial score (nSPS) is 64.7. The maximum atomic E-state index is 11.1. The highest BCUT2D eigenvalue weighted by Gasteiger charge is 2.68. The molecule has 16 heavy (non-hydrogen) atoms. The quantitative estimate of drug-likeness (QED) is 0.664. The monoisotopic (exact) mass is 222 g/mol. The van der Waals surface area contributed by atoms with E-state index in [-0.39, 0.29) is 10.8 Å². The van der Waals surface area contributed by atoms with E-state index >= 15 is 0 Å². The minimum absolute atomic E-state index is 0.176. The number of hydrogen-bond acceptors (Lipinski definition) is 1. The van der Waals surface area contributed by atoms with Crippen molar-refractivity contribution >= 4 is 0 Å². The molecule has 4 saturated carbocycles. The molecule has 0 aromatic carbocycles. The van der Waals surface area contributed by atoms with Gasteiger partial charge in [0.2, 0.25) is 0 Å². The Morgan fingerprint density at radius 3 is 2.44 bits per heavy atom. The summed E-state index contributed by atoms with van der Waals surface area (Å²) >= 11 is 0. The van der Waals surface area contributed by atoms with Gasteiger partial charge in [-0.1, -0.05) is 20.8 Å². The number of aliphatic hydroxyl groups is 1. The molecule has 0 spiro atoms. The molecule has 1 heteroatoms. The summed E-state index contributed by atoms with van der Waals surface area (Å²) in [5, 5.41) is 11.1. The van der Waals surface area contributed by atoms with Crippen LogP contribution >= 0.6 is 0 Å². The molecule has 4 fully saturated rings. The molecule has 4 aliphatic rings. The SMILES string of the molecule is CC1CCC2(C)C3CCC(C)(CC13)C2(C)O. The largest absolute Gasteiger partial charge is 0.389 e. The highest BCUT2D eigenvalue weighted by atomic mass is 16.3. The Morgan fingerprint density at radius 1 is 1.06 bits per heavy atom. The van der Waals surface area contributed by atoms with Crippen LogP contribution in [0.3, 0.4) is 0 Å². The fraction of sp³-hybridized carbons (Fsp3) is 1.00. The standard InChI is InChI=1S/C15H26O/c1-10-5-8-14(3)12-6-7-13(2,9-11(10)12)15(14,4)16/h10-12,16H,5-9H2,1-4H3. The van der Waals surface area contributed by atoms with Crippen molar-refractivity contribution in [2.75, 3.05) is 0 Å². The first-order valence-electron chi connectivity index (χ1n) is 7.04. The maximum absolute atomic E-state index is 11.1. The second kappa shape index (κ2) is 2.85. The molecule has 92 valence electrons. The lowest BCUT2D eigenvalue weighted by Crippen LogP contribution is -2.69. The summed E-state index contributed by atoms with van der Waals surface area (Å²) in [5.74, 6) is 2.56. The molecular weight excluding hydrogens is 196 g/mol. The van der Waals surface area contributed by atoms with Crippen LogP contribution in [0.4, 0.5) is 0 Å². The van der Waals surface area contributed by atoms with E-state index in [1.807, 2.05) is 0 Å². The van der Waals surface area contributed by atoms with E-state index in [0.717, 1.165) is 17.8 Å². The summed E-state index contributed by atoms with van der Waals surface area (Å²) in [6.45, 7) is 9.27. The molecule has 4 aliphatic carbocycles. The van der Waals surface area contributed by atoms with Crippen molar-refractivity contribution in [2.45, 2.75) is 65.4 Å². The molecule has 1 N–H and O–H groups in total. The van der Waals surface area contributed by atoms with E-state index in [2.05, 4.69) is 27.7 Å². The second-order valence-electron chi connectivity index (χ2n) is 7.58. The summed E-state index contributed by atoms with van der Waals surface area (Å²) in [5.41, 5.74) is -0.0785. The molecule has 0 aromatic rings. The average molecular weight is 222 g/mol. The number of rotatable bonds is 0. The van der Waals surface area contributed by atoms with Crippen molar-refractivity contribution < 1.29 is 5.11 Å². The fourth-order valence-corrected chi connectivity index (χ4v) is 5.50. The molecule has 6 unspecified atom stereocenters. The smallest absolute Gasteiger partial charge is 0.0729 e. The van der Waals surface area contributed by atoms with Crippen molar-refractivity contribution in [1.29, 1.82) is 0 Å². The molecule has 4 bridgehead atoms. The topological polar surface area (TPSA) is 20.2 Å². The summed E-state index contributed by atoms with van der Waals surface area (Å²) in [4.78, 5) is 0. The molecule has 6 atom stereocenters. The third kappa shape index (κ3) is 0.978. The van der Waals surface area contributed by atoms with Crippen LogP contribution in [0, 0.1) is 28.6 Å². The van der Waals surface area contributed by atoms with Crippen molar-refractivity contribution in [2.24, 2.45) is 28.6 Å². The van der Waals surface area contributed by atoms with Gasteiger partial charge in [0.05, 0.1) is 5.60 Å². The lowest BCUT2D eigenvalue weighted by atomic mass is 9.36. The highest BCUT2D eigenvalue weighted by molar-refractivity contribution is 5.18. The van der Waals surface area contributed by atoms with Crippen LogP contribution in [-0.4, -0.2) is 10.7 Å². The molecule has 4 rings (SSSR count). The van der Waals surface area contributed by atoms with Crippen molar-refractivity contribution in [1.82, 2.24) is 0 Å². The van der Waals surface area contributed by atoms with E-state index in [4.69, 9.17) is 0 Å². The minimum atomic E-state index is -0.445. The van der Waals surface area contributed by atoms with E-state index < -0.39 is 5.60 Å². The molecule has 0 heterocycles. The summed E-state index contributed by atoms with van der Waals surface area (Å²) in [6, 6.07) is 0. The van der Waals surface area contributed by atoms with E-state index in [0.29, 0.717) is 0 Å². The van der Waals surface area contributed by atoms with Gasteiger partial charge in [0, 0.05) is 0 Å². The van der Waals surface area contributed by atoms with Crippen LogP contribution in [0.5, 0.6) is 0 Å². The van der Waals surface area contributed by atoms with Crippen LogP contribution in [0.1, 0.15) is 59.8 Å². The van der Waals surface area contributed by atoms with Gasteiger partial charge < -0.3 is 5.11 Å². The molecule has 0 radical (unpaired) electrons. The highest BCUT2D eigenvalue weighted by Crippen LogP contribution is 2.70. The first kappa shape index (κ1) is 11.1. The third-order valence-electron chi connectivity index (χ3n) is 7.17. The van der Waals surface area contributed by atoms with Crippen molar-refractivity contribution in [3.05, 3.63) is 0 Å². The Morgan fingerprint density at radius 2 is 1.75 bits per heavy atom. The first-order valence-corrected chi connectivity index (χ1v) is 7.04. The average Bonchev–Trinajstić information content (AvgIpc) is 2.22. The van der Waals surface area contributed by atoms with E-state index in [1.54, 1.807) is 0 Å². The molecule has 0 aromatic heterocycles. The second-order valence-corrected chi connectivity index (χ2v) is 7.58. The Kier molecular flexibility index (Phi) is 1.98. The Bertz CT molecular complexity index is 321. The fourth-order valence-electron chi connectivity index (χ4n) is 5.50. The van der Waals surface area contributed by atoms with Crippen LogP contribution in [0.2, 0.25) is 0 Å². The lowest BCUT2D eigenvalue weighted by molar-refractivity contribution is -0.276. The van der Waals surface area contributed by atoms with Crippen LogP contribution in [-0.2, 0) is 0 Å². The van der Waals surface area contributed by atoms with Crippen molar-refractivity contribution in [3.8, 4) is 0 Å². The van der Waals surface area contributed by atoms with E-state index in [1.165, 1.54) is 32.1 Å². The predicted molar refractivity (Wildman–Crippen MR) is 66.1 cm³/mol. The van der Waals surface area contributed by atoms with Gasteiger partial charge >= 0.3 is 0 Å². The number of hydrogen-bond donors (Lipinski definition) is 1. The third-order valence-corrected chi connectivity index (χ3v) is 7.17. The van der Waals surface area contributed by atoms with Crippen LogP contribution in [0.15, 0.2) is 0 Å². The first-order chi connectivity index (χ1) is 7.32. The molecule has 0 amide bonds. The minimum Gasteiger partial charge on any atom is -0.389 e. The lowest BCUT2D eigenvalue weighted by Gasteiger charge is -2.70. The summed E-state index contributed by atoms with van der Waals surface area (Å²) < 4.78 is 0. The van der Waals surface area contributed by atoms with Gasteiger partial charge in [-0.05, 0) is 67.6 Å². The zero-order chi connectivity index (χ0) is 11.8. The van der Waals surface area contributed by atoms with Crippen LogP contribution < -0.4 is 0 Å². The molecule has 0 saturated heterocycles. The Balaban J connectivity index is 2.11. The Hall–Kier alpha value is -0.0400. The maximum Gasteiger partial charge on any atom is 0.0729 e. The zero-order valence-corrected chi connectivity index (χ0v) is 11.2. The molecular formula is C15H26O. The van der Waals surface area contributed by atoms with Gasteiger partial charge in [-0.25, -0.2) is 0 Å². The van der Waals surface area contributed by atoms with E-state index in [9.17, 15) is 5.11 Å². The van der Waals surface area contributed by atoms with Crippen LogP contribution in [0.25, 0.3) is 0 Å². The van der Waals surface area contributed by atoms with Gasteiger partial charge in [0.1, 0.15) is 0 Å². The Labute approximate surface area is 99.6 Å². The van der Waals surface area contributed by atoms with Gasteiger partial charge in [-0.15, -0.1) is 0 Å². The van der Waals surface area contributed by atoms with Gasteiger partial charge in [-0.3, -0.25) is 0 Å². The zero-order valence-electron chi connectivity index (χ0n) is 11.2. The van der Waals surface area contributed by atoms with Gasteiger partial charge in [0.15, 0.2) is 0 Å². The summed E-state index contributed by atoms with van der Waals surface area (Å²) in [7, 11) is 0. The van der Waals surface area contributed by atoms with Gasteiger partial charge in [-0.2, -0.15) is 0 Å². The number of fused-ring (bicyclic) bond motifs is 1. The molecule has 1 nitrogen and oxygen atoms in total.